The number of fused-ring (bicyclic) bond motifs is 2. The van der Waals surface area contributed by atoms with Gasteiger partial charge in [-0.3, -0.25) is 19.7 Å². The van der Waals surface area contributed by atoms with Crippen LogP contribution >= 0.6 is 23.4 Å². The highest BCUT2D eigenvalue weighted by Crippen LogP contribution is 2.54. The first-order valence-electron chi connectivity index (χ1n) is 14.2. The van der Waals surface area contributed by atoms with Gasteiger partial charge in [0.25, 0.3) is 0 Å². The van der Waals surface area contributed by atoms with E-state index >= 15 is 0 Å². The Morgan fingerprint density at radius 1 is 1.00 bits per heavy atom. The Hall–Kier alpha value is -3.08. The van der Waals surface area contributed by atoms with Gasteiger partial charge in [-0.1, -0.05) is 12.1 Å². The zero-order valence-corrected chi connectivity index (χ0v) is 27.4. The number of nitrogens with zero attached hydrogens (tertiary/aromatic N) is 3. The van der Waals surface area contributed by atoms with Crippen LogP contribution < -0.4 is 5.32 Å². The van der Waals surface area contributed by atoms with Crippen LogP contribution in [0.5, 0.6) is 5.75 Å². The van der Waals surface area contributed by atoms with Gasteiger partial charge in [0, 0.05) is 10.6 Å². The van der Waals surface area contributed by atoms with Crippen molar-refractivity contribution in [1.82, 2.24) is 20.0 Å². The van der Waals surface area contributed by atoms with E-state index in [1.807, 2.05) is 0 Å². The normalized spacial score (nSPS) is 35.4. The van der Waals surface area contributed by atoms with Gasteiger partial charge < -0.3 is 29.3 Å². The number of alkyl halides is 1. The van der Waals surface area contributed by atoms with Crippen LogP contribution in [0.3, 0.4) is 0 Å². The molecule has 0 bridgehead atoms. The number of hydrogen-bond donors (Lipinski definition) is 2. The molecular weight excluding hydrogens is 652 g/mol. The maximum atomic E-state index is 13.7. The number of phenolic OH excluding ortho intramolecular Hbond substituents is 1. The second-order valence-corrected chi connectivity index (χ2v) is 17.6. The number of thioether (sulfide) groups is 1. The molecule has 0 aliphatic carbocycles. The number of benzene rings is 1. The molecule has 6 rings (SSSR count). The zero-order valence-electron chi connectivity index (χ0n) is 25.1. The minimum Gasteiger partial charge on any atom is -0.508 e. The van der Waals surface area contributed by atoms with Gasteiger partial charge in [0.2, 0.25) is 24.5 Å². The van der Waals surface area contributed by atoms with Crippen molar-refractivity contribution in [2.75, 3.05) is 12.7 Å². The van der Waals surface area contributed by atoms with Crippen LogP contribution in [0.25, 0.3) is 0 Å². The average Bonchev–Trinajstić information content (AvgIpc) is 3.41. The third kappa shape index (κ3) is 4.38. The van der Waals surface area contributed by atoms with E-state index in [0.29, 0.717) is 5.56 Å². The van der Waals surface area contributed by atoms with Crippen LogP contribution in [0, 0.1) is 0 Å². The van der Waals surface area contributed by atoms with Gasteiger partial charge in [0.05, 0.1) is 12.1 Å². The fourth-order valence-electron chi connectivity index (χ4n) is 7.03. The number of hydrogen-bond acceptors (Lipinski definition) is 12. The molecule has 7 atom stereocenters. The van der Waals surface area contributed by atoms with Crippen molar-refractivity contribution in [3.63, 3.8) is 0 Å². The van der Waals surface area contributed by atoms with Gasteiger partial charge >= 0.3 is 11.9 Å². The van der Waals surface area contributed by atoms with Crippen molar-refractivity contribution >= 4 is 62.9 Å². The zero-order chi connectivity index (χ0) is 33.0. The number of phenols is 1. The topological polar surface area (TPSA) is 180 Å². The summed E-state index contributed by atoms with van der Waals surface area (Å²) in [5.74, 6) is -3.61. The molecule has 5 aliphatic rings. The molecule has 14 nitrogen and oxygen atoms in total. The second-order valence-electron chi connectivity index (χ2n) is 13.0. The summed E-state index contributed by atoms with van der Waals surface area (Å²) in [4.78, 5) is 69.6. The van der Waals surface area contributed by atoms with Crippen LogP contribution in [0.4, 0.5) is 0 Å². The minimum atomic E-state index is -3.96. The number of carbonyl (C=O) groups excluding carboxylic acids is 5. The van der Waals surface area contributed by atoms with Crippen molar-refractivity contribution in [2.24, 2.45) is 0 Å². The van der Waals surface area contributed by atoms with E-state index in [2.05, 4.69) is 5.32 Å². The first kappa shape index (κ1) is 31.9. The number of carbonyl (C=O) groups is 5. The number of halogens is 1. The van der Waals surface area contributed by atoms with Crippen LogP contribution in [0.15, 0.2) is 24.3 Å². The number of esters is 2. The molecule has 3 unspecified atom stereocenters. The third-order valence-electron chi connectivity index (χ3n) is 9.43. The molecule has 45 heavy (non-hydrogen) atoms. The predicted molar refractivity (Wildman–Crippen MR) is 159 cm³/mol. The summed E-state index contributed by atoms with van der Waals surface area (Å²) < 4.78 is 33.7. The molecule has 244 valence electrons. The van der Waals surface area contributed by atoms with Crippen LogP contribution in [0.1, 0.15) is 52.6 Å². The fraction of sp³-hybridized carbons (Fsp3) is 0.607. The largest absolute Gasteiger partial charge is 0.508 e. The molecule has 5 fully saturated rings. The number of β-lactam (4-membered cyclic amide) rings is 2. The number of ether oxygens (including phenoxy) is 2. The summed E-state index contributed by atoms with van der Waals surface area (Å²) in [7, 11) is -3.96. The molecule has 5 heterocycles. The Bertz CT molecular complexity index is 1620. The van der Waals surface area contributed by atoms with E-state index < -0.39 is 96.3 Å². The highest BCUT2D eigenvalue weighted by Gasteiger charge is 2.71. The average molecular weight is 685 g/mol. The van der Waals surface area contributed by atoms with Crippen molar-refractivity contribution < 1.29 is 47.0 Å². The molecule has 1 aromatic rings. The fourth-order valence-corrected chi connectivity index (χ4v) is 11.5. The molecule has 17 heteroatoms. The van der Waals surface area contributed by atoms with Crippen molar-refractivity contribution in [1.29, 1.82) is 0 Å². The summed E-state index contributed by atoms with van der Waals surface area (Å²) in [6.07, 6.45) is -0.248. The van der Waals surface area contributed by atoms with E-state index in [9.17, 15) is 37.5 Å². The van der Waals surface area contributed by atoms with Gasteiger partial charge in [-0.15, -0.1) is 23.4 Å². The van der Waals surface area contributed by atoms with Gasteiger partial charge in [0.1, 0.15) is 39.4 Å². The van der Waals surface area contributed by atoms with Crippen molar-refractivity contribution in [3.8, 4) is 5.75 Å². The molecule has 0 saturated carbocycles. The molecule has 3 amide bonds. The smallest absolute Gasteiger partial charge is 0.333 e. The number of nitrogens with one attached hydrogen (secondary N) is 1. The SMILES string of the molecule is CC1(C)S[C@@H]2C(N3C(=O)C(c4ccc(O)cc4)NC3(C)C)C(=O)N2[C@H]1C(=O)OCOC(=O)C1N2C(=O)C[C@H]2S(=O)(=O)[C@@]1(C)CCl. The lowest BCUT2D eigenvalue weighted by atomic mass is 9.94. The molecule has 0 radical (unpaired) electrons. The molecule has 0 spiro atoms. The Morgan fingerprint density at radius 3 is 2.18 bits per heavy atom. The lowest BCUT2D eigenvalue weighted by molar-refractivity contribution is -0.183. The summed E-state index contributed by atoms with van der Waals surface area (Å²) in [5, 5.41) is 11.2. The van der Waals surface area contributed by atoms with Crippen molar-refractivity contribution in [3.05, 3.63) is 29.8 Å². The molecule has 1 aromatic carbocycles. The van der Waals surface area contributed by atoms with Crippen molar-refractivity contribution in [2.45, 2.75) is 91.1 Å². The van der Waals surface area contributed by atoms with Gasteiger partial charge in [-0.05, 0) is 52.3 Å². The Labute approximate surface area is 268 Å². The monoisotopic (exact) mass is 684 g/mol. The number of aromatic hydroxyl groups is 1. The van der Waals surface area contributed by atoms with Crippen LogP contribution in [-0.4, -0.2) is 115 Å². The first-order chi connectivity index (χ1) is 20.9. The van der Waals surface area contributed by atoms with E-state index in [4.69, 9.17) is 21.1 Å². The van der Waals surface area contributed by atoms with Crippen LogP contribution in [0.2, 0.25) is 0 Å². The Kier molecular flexibility index (Phi) is 7.23. The minimum absolute atomic E-state index is 0.0579. The third-order valence-corrected chi connectivity index (χ3v) is 14.5. The summed E-state index contributed by atoms with van der Waals surface area (Å²) in [6.45, 7) is 7.50. The Morgan fingerprint density at radius 2 is 1.60 bits per heavy atom. The molecule has 5 aliphatic heterocycles. The highest BCUT2D eigenvalue weighted by molar-refractivity contribution is 8.01. The van der Waals surface area contributed by atoms with Gasteiger partial charge in [-0.25, -0.2) is 18.0 Å². The lowest BCUT2D eigenvalue weighted by Gasteiger charge is -2.50. The quantitative estimate of drug-likeness (QED) is 0.175. The van der Waals surface area contributed by atoms with Crippen LogP contribution in [-0.2, 0) is 43.3 Å². The van der Waals surface area contributed by atoms with E-state index in [-0.39, 0.29) is 18.1 Å². The first-order valence-corrected chi connectivity index (χ1v) is 17.2. The maximum absolute atomic E-state index is 13.7. The standard InChI is InChI=1S/C28H33ClN4O10S2/c1-26(2)19(24(38)42-12-43-25(39)20-28(5,11-29)45(40,41)16-10-15(35)31(16)20)32-22(37)18(23(32)44-26)33-21(36)17(30-27(33,3)4)13-6-8-14(34)9-7-13/h6-9,16-20,23,30,34H,10-12H2,1-5H3/t16-,17?,18?,19+,20?,23-,28+/m1/s1. The maximum Gasteiger partial charge on any atom is 0.333 e. The van der Waals surface area contributed by atoms with E-state index in [1.165, 1.54) is 40.6 Å². The number of rotatable bonds is 7. The molecule has 0 aromatic heterocycles. The highest BCUT2D eigenvalue weighted by atomic mass is 35.5. The molecule has 2 N–H and O–H groups in total. The molecular formula is C28H33ClN4O10S2. The lowest BCUT2D eigenvalue weighted by Crippen LogP contribution is -2.73. The van der Waals surface area contributed by atoms with E-state index in [1.54, 1.807) is 39.8 Å². The summed E-state index contributed by atoms with van der Waals surface area (Å²) in [6, 6.07) is 2.05. The van der Waals surface area contributed by atoms with Gasteiger partial charge in [0.15, 0.2) is 15.9 Å². The second kappa shape index (κ2) is 10.2. The predicted octanol–water partition coefficient (Wildman–Crippen LogP) is 0.429. The Balaban J connectivity index is 1.13. The van der Waals surface area contributed by atoms with Gasteiger partial charge in [-0.2, -0.15) is 0 Å². The van der Waals surface area contributed by atoms with E-state index in [0.717, 1.165) is 4.90 Å². The summed E-state index contributed by atoms with van der Waals surface area (Å²) >= 11 is 7.31. The summed E-state index contributed by atoms with van der Waals surface area (Å²) in [5.41, 5.74) is -0.283. The number of amides is 3. The number of sulfone groups is 1. The molecule has 5 saturated heterocycles.